The Morgan fingerprint density at radius 2 is 1.89 bits per heavy atom. The van der Waals surface area contributed by atoms with E-state index in [1.165, 1.54) is 24.0 Å². The van der Waals surface area contributed by atoms with Crippen molar-refractivity contribution in [3.05, 3.63) is 53.8 Å². The van der Waals surface area contributed by atoms with Gasteiger partial charge in [0.05, 0.1) is 12.9 Å². The largest absolute Gasteiger partial charge is 0.501 e. The predicted octanol–water partition coefficient (Wildman–Crippen LogP) is 5.45. The standard InChI is InChI=1S/C18H26O/c1-16(2)8-7-9-17(3)12-14-19-15-13-18-10-5-4-6-11-18/h4-6,8,10-11,13,15,17H,7,9,12,14H2,1-3H3/b15-13+. The Kier molecular flexibility index (Phi) is 7.72. The third-order valence-electron chi connectivity index (χ3n) is 3.10. The highest BCUT2D eigenvalue weighted by atomic mass is 16.5. The van der Waals surface area contributed by atoms with Crippen molar-refractivity contribution in [1.82, 2.24) is 0 Å². The van der Waals surface area contributed by atoms with Crippen LogP contribution in [-0.4, -0.2) is 6.61 Å². The van der Waals surface area contributed by atoms with Crippen LogP contribution in [0.2, 0.25) is 0 Å². The highest BCUT2D eigenvalue weighted by Crippen LogP contribution is 2.12. The Morgan fingerprint density at radius 3 is 2.58 bits per heavy atom. The zero-order valence-electron chi connectivity index (χ0n) is 12.4. The smallest absolute Gasteiger partial charge is 0.0875 e. The molecule has 0 aliphatic rings. The second-order valence-electron chi connectivity index (χ2n) is 5.34. The van der Waals surface area contributed by atoms with Crippen molar-refractivity contribution < 1.29 is 4.74 Å². The van der Waals surface area contributed by atoms with E-state index in [4.69, 9.17) is 4.74 Å². The Bertz CT molecular complexity index is 385. The Balaban J connectivity index is 2.10. The minimum absolute atomic E-state index is 0.723. The summed E-state index contributed by atoms with van der Waals surface area (Å²) in [5.41, 5.74) is 2.59. The molecule has 0 spiro atoms. The van der Waals surface area contributed by atoms with Crippen molar-refractivity contribution in [2.75, 3.05) is 6.61 Å². The van der Waals surface area contributed by atoms with Crippen molar-refractivity contribution in [2.45, 2.75) is 40.0 Å². The van der Waals surface area contributed by atoms with Gasteiger partial charge in [-0.3, -0.25) is 0 Å². The van der Waals surface area contributed by atoms with Gasteiger partial charge >= 0.3 is 0 Å². The second-order valence-corrected chi connectivity index (χ2v) is 5.34. The summed E-state index contributed by atoms with van der Waals surface area (Å²) in [7, 11) is 0. The first-order chi connectivity index (χ1) is 9.18. The van der Waals surface area contributed by atoms with Gasteiger partial charge < -0.3 is 4.74 Å². The third-order valence-corrected chi connectivity index (χ3v) is 3.10. The molecule has 0 fully saturated rings. The van der Waals surface area contributed by atoms with Crippen LogP contribution in [0.1, 0.15) is 45.6 Å². The van der Waals surface area contributed by atoms with Crippen molar-refractivity contribution in [3.63, 3.8) is 0 Å². The molecule has 1 aromatic rings. The SMILES string of the molecule is CC(C)=CCCC(C)CCO/C=C/c1ccccc1. The summed E-state index contributed by atoms with van der Waals surface area (Å²) >= 11 is 0. The van der Waals surface area contributed by atoms with Crippen LogP contribution in [0.4, 0.5) is 0 Å². The molecule has 0 heterocycles. The molecule has 0 saturated carbocycles. The molecule has 1 unspecified atom stereocenters. The van der Waals surface area contributed by atoms with E-state index in [0.717, 1.165) is 18.9 Å². The maximum atomic E-state index is 5.54. The van der Waals surface area contributed by atoms with Crippen LogP contribution in [0.15, 0.2) is 48.2 Å². The first-order valence-corrected chi connectivity index (χ1v) is 7.15. The topological polar surface area (TPSA) is 9.23 Å². The molecule has 1 atom stereocenters. The maximum Gasteiger partial charge on any atom is 0.0875 e. The Labute approximate surface area is 118 Å². The van der Waals surface area contributed by atoms with E-state index in [9.17, 15) is 0 Å². The Hall–Kier alpha value is -1.50. The molecule has 1 nitrogen and oxygen atoms in total. The lowest BCUT2D eigenvalue weighted by atomic mass is 10.0. The molecule has 19 heavy (non-hydrogen) atoms. The minimum atomic E-state index is 0.723. The normalized spacial score (nSPS) is 12.4. The quantitative estimate of drug-likeness (QED) is 0.342. The van der Waals surface area contributed by atoms with E-state index in [1.807, 2.05) is 24.3 Å². The van der Waals surface area contributed by atoms with Gasteiger partial charge in [0.25, 0.3) is 0 Å². The van der Waals surface area contributed by atoms with E-state index in [-0.39, 0.29) is 0 Å². The molecule has 0 N–H and O–H groups in total. The van der Waals surface area contributed by atoms with Crippen molar-refractivity contribution in [1.29, 1.82) is 0 Å². The van der Waals surface area contributed by atoms with Gasteiger partial charge in [0.2, 0.25) is 0 Å². The molecule has 0 aliphatic carbocycles. The van der Waals surface area contributed by atoms with Gasteiger partial charge in [-0.1, -0.05) is 48.9 Å². The molecule has 0 saturated heterocycles. The van der Waals surface area contributed by atoms with Crippen molar-refractivity contribution >= 4 is 6.08 Å². The first-order valence-electron chi connectivity index (χ1n) is 7.15. The third kappa shape index (κ3) is 8.25. The van der Waals surface area contributed by atoms with Crippen LogP contribution >= 0.6 is 0 Å². The lowest BCUT2D eigenvalue weighted by molar-refractivity contribution is 0.225. The summed E-state index contributed by atoms with van der Waals surface area (Å²) in [5.74, 6) is 0.723. The molecule has 0 radical (unpaired) electrons. The number of allylic oxidation sites excluding steroid dienone is 2. The van der Waals surface area contributed by atoms with Gasteiger partial charge in [-0.2, -0.15) is 0 Å². The highest BCUT2D eigenvalue weighted by molar-refractivity contribution is 5.47. The van der Waals surface area contributed by atoms with Crippen molar-refractivity contribution in [2.24, 2.45) is 5.92 Å². The van der Waals surface area contributed by atoms with Gasteiger partial charge in [0, 0.05) is 0 Å². The van der Waals surface area contributed by atoms with Gasteiger partial charge in [0.1, 0.15) is 0 Å². The number of hydrogen-bond donors (Lipinski definition) is 0. The van der Waals surface area contributed by atoms with E-state index in [2.05, 4.69) is 39.0 Å². The zero-order chi connectivity index (χ0) is 13.9. The fourth-order valence-corrected chi connectivity index (χ4v) is 1.83. The summed E-state index contributed by atoms with van der Waals surface area (Å²) in [6, 6.07) is 10.2. The summed E-state index contributed by atoms with van der Waals surface area (Å²) in [6.45, 7) is 7.41. The summed E-state index contributed by atoms with van der Waals surface area (Å²) in [5, 5.41) is 0. The Morgan fingerprint density at radius 1 is 1.16 bits per heavy atom. The van der Waals surface area contributed by atoms with E-state index < -0.39 is 0 Å². The molecule has 0 aromatic heterocycles. The predicted molar refractivity (Wildman–Crippen MR) is 83.9 cm³/mol. The average molecular weight is 258 g/mol. The van der Waals surface area contributed by atoms with E-state index >= 15 is 0 Å². The van der Waals surface area contributed by atoms with Crippen LogP contribution < -0.4 is 0 Å². The minimum Gasteiger partial charge on any atom is -0.501 e. The van der Waals surface area contributed by atoms with Crippen LogP contribution in [0.3, 0.4) is 0 Å². The number of rotatable bonds is 8. The molecule has 1 rings (SSSR count). The molecular formula is C18H26O. The van der Waals surface area contributed by atoms with Crippen LogP contribution in [0.25, 0.3) is 6.08 Å². The maximum absolute atomic E-state index is 5.54. The van der Waals surface area contributed by atoms with Gasteiger partial charge in [-0.25, -0.2) is 0 Å². The molecule has 0 bridgehead atoms. The fraction of sp³-hybridized carbons (Fsp3) is 0.444. The molecule has 1 heteroatoms. The molecule has 104 valence electrons. The molecule has 0 aliphatic heterocycles. The fourth-order valence-electron chi connectivity index (χ4n) is 1.83. The second kappa shape index (κ2) is 9.43. The van der Waals surface area contributed by atoms with Crippen LogP contribution in [0, 0.1) is 5.92 Å². The summed E-state index contributed by atoms with van der Waals surface area (Å²) < 4.78 is 5.54. The van der Waals surface area contributed by atoms with Gasteiger partial charge in [-0.05, 0) is 50.7 Å². The van der Waals surface area contributed by atoms with E-state index in [0.29, 0.717) is 0 Å². The summed E-state index contributed by atoms with van der Waals surface area (Å²) in [4.78, 5) is 0. The lowest BCUT2D eigenvalue weighted by Crippen LogP contribution is -1.99. The first kappa shape index (κ1) is 15.6. The van der Waals surface area contributed by atoms with Crippen LogP contribution in [0.5, 0.6) is 0 Å². The lowest BCUT2D eigenvalue weighted by Gasteiger charge is -2.09. The van der Waals surface area contributed by atoms with Crippen molar-refractivity contribution in [3.8, 4) is 0 Å². The number of hydrogen-bond acceptors (Lipinski definition) is 1. The van der Waals surface area contributed by atoms with Gasteiger partial charge in [0.15, 0.2) is 0 Å². The summed E-state index contributed by atoms with van der Waals surface area (Å²) in [6.07, 6.45) is 9.68. The number of benzene rings is 1. The highest BCUT2D eigenvalue weighted by Gasteiger charge is 2.00. The zero-order valence-corrected chi connectivity index (χ0v) is 12.4. The molecule has 0 amide bonds. The number of ether oxygens (including phenoxy) is 1. The monoisotopic (exact) mass is 258 g/mol. The van der Waals surface area contributed by atoms with Gasteiger partial charge in [-0.15, -0.1) is 0 Å². The average Bonchev–Trinajstić information content (AvgIpc) is 2.39. The van der Waals surface area contributed by atoms with Crippen LogP contribution in [-0.2, 0) is 4.74 Å². The van der Waals surface area contributed by atoms with E-state index in [1.54, 1.807) is 6.26 Å². The molecular weight excluding hydrogens is 232 g/mol. The molecule has 1 aromatic carbocycles.